The number of amides is 1. The number of hydrogen-bond donors (Lipinski definition) is 2. The molecule has 1 aliphatic carbocycles. The number of nitrogens with one attached hydrogen (secondary N) is 2. The number of methoxy groups -OCH3 is 1. The maximum atomic E-state index is 13.1. The summed E-state index contributed by atoms with van der Waals surface area (Å²) in [6.07, 6.45) is 5.87. The van der Waals surface area contributed by atoms with E-state index < -0.39 is 0 Å². The summed E-state index contributed by atoms with van der Waals surface area (Å²) < 4.78 is 5.22. The fourth-order valence-corrected chi connectivity index (χ4v) is 4.25. The van der Waals surface area contributed by atoms with Crippen molar-refractivity contribution in [3.8, 4) is 11.8 Å². The molecule has 3 aromatic rings. The third kappa shape index (κ3) is 4.57. The summed E-state index contributed by atoms with van der Waals surface area (Å²) in [6, 6.07) is 13.2. The number of nitrogens with zero attached hydrogens (tertiary/aromatic N) is 2. The zero-order valence-electron chi connectivity index (χ0n) is 17.2. The van der Waals surface area contributed by atoms with E-state index in [0.29, 0.717) is 39.6 Å². The lowest BCUT2D eigenvalue weighted by Gasteiger charge is -2.17. The number of fused-ring (bicyclic) bond motifs is 1. The Morgan fingerprint density at radius 2 is 2.06 bits per heavy atom. The molecule has 0 aliphatic heterocycles. The normalized spacial score (nSPS) is 13.7. The van der Waals surface area contributed by atoms with Gasteiger partial charge in [-0.1, -0.05) is 30.5 Å². The van der Waals surface area contributed by atoms with Gasteiger partial charge in [0.1, 0.15) is 5.75 Å². The minimum atomic E-state index is -0.154. The lowest BCUT2D eigenvalue weighted by atomic mass is 10.1. The fourth-order valence-electron chi connectivity index (χ4n) is 3.97. The summed E-state index contributed by atoms with van der Waals surface area (Å²) in [5.41, 5.74) is 3.29. The van der Waals surface area contributed by atoms with Crippen molar-refractivity contribution < 1.29 is 9.53 Å². The van der Waals surface area contributed by atoms with Crippen LogP contribution in [0.3, 0.4) is 0 Å². The molecule has 1 amide bonds. The summed E-state index contributed by atoms with van der Waals surface area (Å²) in [7, 11) is 1.57. The van der Waals surface area contributed by atoms with Crippen molar-refractivity contribution in [2.75, 3.05) is 12.4 Å². The van der Waals surface area contributed by atoms with E-state index in [1.54, 1.807) is 31.5 Å². The predicted octanol–water partition coefficient (Wildman–Crippen LogP) is 5.05. The van der Waals surface area contributed by atoms with Gasteiger partial charge in [0.15, 0.2) is 0 Å². The number of halogens is 1. The Bertz CT molecular complexity index is 1170. The zero-order chi connectivity index (χ0) is 21.8. The highest BCUT2D eigenvalue weighted by atomic mass is 35.5. The van der Waals surface area contributed by atoms with E-state index in [1.807, 2.05) is 18.2 Å². The number of ether oxygens (including phenoxy) is 1. The van der Waals surface area contributed by atoms with E-state index in [-0.39, 0.29) is 11.9 Å². The molecule has 0 radical (unpaired) electrons. The van der Waals surface area contributed by atoms with Crippen molar-refractivity contribution in [1.82, 2.24) is 10.3 Å². The number of aromatic nitrogens is 1. The molecule has 0 spiro atoms. The van der Waals surface area contributed by atoms with Crippen LogP contribution in [0.25, 0.3) is 10.9 Å². The van der Waals surface area contributed by atoms with Gasteiger partial charge < -0.3 is 15.4 Å². The van der Waals surface area contributed by atoms with Crippen LogP contribution in [-0.4, -0.2) is 24.0 Å². The summed E-state index contributed by atoms with van der Waals surface area (Å²) >= 11 is 6.26. The number of anilines is 1. The summed E-state index contributed by atoms with van der Waals surface area (Å²) in [5, 5.41) is 17.1. The molecule has 1 saturated carbocycles. The number of pyridine rings is 1. The molecule has 2 N–H and O–H groups in total. The maximum absolute atomic E-state index is 13.1. The average molecular weight is 435 g/mol. The van der Waals surface area contributed by atoms with Crippen LogP contribution in [-0.2, 0) is 6.54 Å². The molecule has 1 fully saturated rings. The summed E-state index contributed by atoms with van der Waals surface area (Å²) in [6.45, 7) is 0.448. The molecule has 158 valence electrons. The first-order valence-corrected chi connectivity index (χ1v) is 10.7. The van der Waals surface area contributed by atoms with Gasteiger partial charge in [0.05, 0.1) is 40.5 Å². The quantitative estimate of drug-likeness (QED) is 0.566. The summed E-state index contributed by atoms with van der Waals surface area (Å²) in [5.74, 6) is 0.453. The molecule has 1 heterocycles. The van der Waals surface area contributed by atoms with Crippen molar-refractivity contribution in [1.29, 1.82) is 5.26 Å². The van der Waals surface area contributed by atoms with Gasteiger partial charge in [0.25, 0.3) is 5.91 Å². The molecular formula is C24H23ClN4O2. The van der Waals surface area contributed by atoms with Crippen molar-refractivity contribution in [2.24, 2.45) is 0 Å². The van der Waals surface area contributed by atoms with Gasteiger partial charge in [-0.25, -0.2) is 0 Å². The first-order valence-electron chi connectivity index (χ1n) is 10.3. The van der Waals surface area contributed by atoms with E-state index in [0.717, 1.165) is 36.6 Å². The second-order valence-electron chi connectivity index (χ2n) is 7.67. The number of hydrogen-bond acceptors (Lipinski definition) is 5. The van der Waals surface area contributed by atoms with Gasteiger partial charge in [-0.15, -0.1) is 0 Å². The largest absolute Gasteiger partial charge is 0.495 e. The van der Waals surface area contributed by atoms with Crippen LogP contribution >= 0.6 is 11.6 Å². The molecule has 1 aromatic heterocycles. The third-order valence-electron chi connectivity index (χ3n) is 5.62. The third-order valence-corrected chi connectivity index (χ3v) is 5.91. The Labute approximate surface area is 186 Å². The van der Waals surface area contributed by atoms with Crippen LogP contribution in [0, 0.1) is 11.3 Å². The van der Waals surface area contributed by atoms with Crippen molar-refractivity contribution in [3.05, 3.63) is 64.3 Å². The minimum absolute atomic E-state index is 0.154. The van der Waals surface area contributed by atoms with E-state index >= 15 is 0 Å². The predicted molar refractivity (Wildman–Crippen MR) is 122 cm³/mol. The molecule has 0 saturated heterocycles. The molecule has 31 heavy (non-hydrogen) atoms. The van der Waals surface area contributed by atoms with Gasteiger partial charge in [-0.3, -0.25) is 9.78 Å². The monoisotopic (exact) mass is 434 g/mol. The number of rotatable bonds is 6. The van der Waals surface area contributed by atoms with Crippen LogP contribution in [0.15, 0.2) is 42.6 Å². The number of nitriles is 1. The Hall–Kier alpha value is -3.30. The van der Waals surface area contributed by atoms with Crippen LogP contribution in [0.4, 0.5) is 5.69 Å². The maximum Gasteiger partial charge on any atom is 0.255 e. The number of carbonyl (C=O) groups is 1. The molecule has 0 bridgehead atoms. The highest BCUT2D eigenvalue weighted by molar-refractivity contribution is 6.32. The van der Waals surface area contributed by atoms with Crippen LogP contribution in [0.2, 0.25) is 5.02 Å². The lowest BCUT2D eigenvalue weighted by Crippen LogP contribution is -2.33. The standard InChI is InChI=1S/C24H23ClN4O2/c1-31-22-9-7-16(11-20(22)25)13-28-23-18-10-15(12-26)6-8-21(18)27-14-19(23)24(30)29-17-4-2-3-5-17/h6-11,14,17H,2-5,13H2,1H3,(H,27,28)(H,29,30). The van der Waals surface area contributed by atoms with Crippen LogP contribution in [0.5, 0.6) is 5.75 Å². The lowest BCUT2D eigenvalue weighted by molar-refractivity contribution is 0.0938. The molecule has 2 aromatic carbocycles. The van der Waals surface area contributed by atoms with Crippen molar-refractivity contribution in [2.45, 2.75) is 38.3 Å². The Kier molecular flexibility index (Phi) is 6.24. The highest BCUT2D eigenvalue weighted by Crippen LogP contribution is 2.30. The molecule has 7 heteroatoms. The van der Waals surface area contributed by atoms with Crippen LogP contribution < -0.4 is 15.4 Å². The molecule has 0 unspecified atom stereocenters. The molecular weight excluding hydrogens is 412 g/mol. The highest BCUT2D eigenvalue weighted by Gasteiger charge is 2.21. The Balaban J connectivity index is 1.69. The van der Waals surface area contributed by atoms with Crippen molar-refractivity contribution in [3.63, 3.8) is 0 Å². The van der Waals surface area contributed by atoms with E-state index in [4.69, 9.17) is 16.3 Å². The smallest absolute Gasteiger partial charge is 0.255 e. The number of carbonyl (C=O) groups excluding carboxylic acids is 1. The second kappa shape index (κ2) is 9.23. The molecule has 0 atom stereocenters. The SMILES string of the molecule is COc1ccc(CNc2c(C(=O)NC3CCCC3)cnc3ccc(C#N)cc23)cc1Cl. The van der Waals surface area contributed by atoms with Gasteiger partial charge in [-0.05, 0) is 48.7 Å². The van der Waals surface area contributed by atoms with Gasteiger partial charge in [0, 0.05) is 24.2 Å². The minimum Gasteiger partial charge on any atom is -0.495 e. The average Bonchev–Trinajstić information content (AvgIpc) is 3.30. The van der Waals surface area contributed by atoms with Gasteiger partial charge >= 0.3 is 0 Å². The Morgan fingerprint density at radius 3 is 2.77 bits per heavy atom. The van der Waals surface area contributed by atoms with Crippen LogP contribution in [0.1, 0.15) is 47.2 Å². The summed E-state index contributed by atoms with van der Waals surface area (Å²) in [4.78, 5) is 17.5. The second-order valence-corrected chi connectivity index (χ2v) is 8.08. The topological polar surface area (TPSA) is 87.0 Å². The van der Waals surface area contributed by atoms with E-state index in [1.165, 1.54) is 0 Å². The van der Waals surface area contributed by atoms with E-state index in [2.05, 4.69) is 21.7 Å². The molecule has 4 rings (SSSR count). The molecule has 1 aliphatic rings. The van der Waals surface area contributed by atoms with Gasteiger partial charge in [0.2, 0.25) is 0 Å². The first-order chi connectivity index (χ1) is 15.1. The van der Waals surface area contributed by atoms with Gasteiger partial charge in [-0.2, -0.15) is 5.26 Å². The van der Waals surface area contributed by atoms with E-state index in [9.17, 15) is 10.1 Å². The molecule has 6 nitrogen and oxygen atoms in total. The Morgan fingerprint density at radius 1 is 1.26 bits per heavy atom. The zero-order valence-corrected chi connectivity index (χ0v) is 18.0. The van der Waals surface area contributed by atoms with Crippen molar-refractivity contribution >= 4 is 34.1 Å². The number of benzene rings is 2. The first kappa shape index (κ1) is 21.0. The fraction of sp³-hybridized carbons (Fsp3) is 0.292.